The van der Waals surface area contributed by atoms with Crippen molar-refractivity contribution >= 4 is 11.6 Å². The number of hydrogen-bond donors (Lipinski definition) is 0. The quantitative estimate of drug-likeness (QED) is 0.624. The fourth-order valence-electron chi connectivity index (χ4n) is 2.68. The van der Waals surface area contributed by atoms with Crippen LogP contribution in [0.25, 0.3) is 0 Å². The highest BCUT2D eigenvalue weighted by Gasteiger charge is 2.21. The molecule has 2 heteroatoms. The monoisotopic (exact) mass is 252 g/mol. The lowest BCUT2D eigenvalue weighted by molar-refractivity contribution is 0.375. The Labute approximate surface area is 107 Å². The summed E-state index contributed by atoms with van der Waals surface area (Å²) in [7, 11) is 0. The highest BCUT2D eigenvalue weighted by Crippen LogP contribution is 2.37. The SMILES string of the molecule is CC=CC1CCC(c2ccc(Cl)c(F)c2)CC1. The van der Waals surface area contributed by atoms with E-state index in [0.717, 1.165) is 18.4 Å². The van der Waals surface area contributed by atoms with Gasteiger partial charge >= 0.3 is 0 Å². The maximum absolute atomic E-state index is 13.4. The second-order valence-corrected chi connectivity index (χ2v) is 5.22. The van der Waals surface area contributed by atoms with Crippen molar-refractivity contribution in [1.29, 1.82) is 0 Å². The Bertz CT molecular complexity index is 403. The minimum atomic E-state index is -0.292. The van der Waals surface area contributed by atoms with Gasteiger partial charge in [0.15, 0.2) is 0 Å². The molecule has 0 amide bonds. The van der Waals surface area contributed by atoms with Crippen molar-refractivity contribution in [1.82, 2.24) is 0 Å². The predicted molar refractivity (Wildman–Crippen MR) is 70.9 cm³/mol. The van der Waals surface area contributed by atoms with E-state index in [-0.39, 0.29) is 10.8 Å². The van der Waals surface area contributed by atoms with Gasteiger partial charge in [-0.1, -0.05) is 29.8 Å². The van der Waals surface area contributed by atoms with Crippen molar-refractivity contribution in [3.8, 4) is 0 Å². The van der Waals surface area contributed by atoms with E-state index in [0.29, 0.717) is 11.8 Å². The highest BCUT2D eigenvalue weighted by molar-refractivity contribution is 6.30. The van der Waals surface area contributed by atoms with Crippen LogP contribution in [0.1, 0.15) is 44.1 Å². The van der Waals surface area contributed by atoms with Crippen LogP contribution in [0.5, 0.6) is 0 Å². The first-order valence-corrected chi connectivity index (χ1v) is 6.66. The third kappa shape index (κ3) is 3.10. The zero-order valence-electron chi connectivity index (χ0n) is 10.1. The largest absolute Gasteiger partial charge is 0.205 e. The molecule has 2 rings (SSSR count). The summed E-state index contributed by atoms with van der Waals surface area (Å²) in [5.74, 6) is 0.927. The first-order valence-electron chi connectivity index (χ1n) is 6.28. The molecule has 0 aliphatic heterocycles. The van der Waals surface area contributed by atoms with E-state index in [2.05, 4.69) is 19.1 Å². The van der Waals surface area contributed by atoms with E-state index in [4.69, 9.17) is 11.6 Å². The van der Waals surface area contributed by atoms with Gasteiger partial charge in [-0.15, -0.1) is 0 Å². The number of hydrogen-bond acceptors (Lipinski definition) is 0. The van der Waals surface area contributed by atoms with E-state index < -0.39 is 0 Å². The highest BCUT2D eigenvalue weighted by atomic mass is 35.5. The minimum absolute atomic E-state index is 0.219. The van der Waals surface area contributed by atoms with Gasteiger partial charge in [-0.05, 0) is 62.1 Å². The van der Waals surface area contributed by atoms with Crippen molar-refractivity contribution < 1.29 is 4.39 Å². The molecule has 92 valence electrons. The fraction of sp³-hybridized carbons (Fsp3) is 0.467. The van der Waals surface area contributed by atoms with Crippen LogP contribution >= 0.6 is 11.6 Å². The van der Waals surface area contributed by atoms with Gasteiger partial charge in [0.05, 0.1) is 5.02 Å². The first-order chi connectivity index (χ1) is 8.20. The average Bonchev–Trinajstić information content (AvgIpc) is 2.34. The third-order valence-electron chi connectivity index (χ3n) is 3.65. The summed E-state index contributed by atoms with van der Waals surface area (Å²) in [6, 6.07) is 5.24. The lowest BCUT2D eigenvalue weighted by atomic mass is 9.78. The minimum Gasteiger partial charge on any atom is -0.205 e. The summed E-state index contributed by atoms with van der Waals surface area (Å²) < 4.78 is 13.4. The smallest absolute Gasteiger partial charge is 0.142 e. The molecule has 0 aromatic heterocycles. The zero-order valence-corrected chi connectivity index (χ0v) is 10.9. The molecule has 1 aliphatic carbocycles. The molecule has 0 saturated heterocycles. The van der Waals surface area contributed by atoms with Crippen LogP contribution in [-0.4, -0.2) is 0 Å². The van der Waals surface area contributed by atoms with E-state index in [1.165, 1.54) is 12.8 Å². The van der Waals surface area contributed by atoms with Crippen LogP contribution in [0.3, 0.4) is 0 Å². The molecule has 0 nitrogen and oxygen atoms in total. The molecule has 1 aromatic rings. The van der Waals surface area contributed by atoms with Gasteiger partial charge < -0.3 is 0 Å². The summed E-state index contributed by atoms with van der Waals surface area (Å²) in [5.41, 5.74) is 1.10. The van der Waals surface area contributed by atoms with Crippen molar-refractivity contribution in [3.63, 3.8) is 0 Å². The molecule has 0 spiro atoms. The van der Waals surface area contributed by atoms with Crippen molar-refractivity contribution in [2.45, 2.75) is 38.5 Å². The summed E-state index contributed by atoms with van der Waals surface area (Å²) in [6.07, 6.45) is 9.14. The van der Waals surface area contributed by atoms with Gasteiger partial charge in [0.25, 0.3) is 0 Å². The molecule has 1 aliphatic rings. The zero-order chi connectivity index (χ0) is 12.3. The van der Waals surface area contributed by atoms with Gasteiger partial charge in [0, 0.05) is 0 Å². The second kappa shape index (κ2) is 5.68. The van der Waals surface area contributed by atoms with Crippen LogP contribution in [0.15, 0.2) is 30.4 Å². The van der Waals surface area contributed by atoms with Crippen molar-refractivity contribution in [2.75, 3.05) is 0 Å². The first kappa shape index (κ1) is 12.6. The molecule has 1 fully saturated rings. The van der Waals surface area contributed by atoms with Gasteiger partial charge in [0.2, 0.25) is 0 Å². The Morgan fingerprint density at radius 2 is 1.94 bits per heavy atom. The van der Waals surface area contributed by atoms with Crippen molar-refractivity contribution in [2.24, 2.45) is 5.92 Å². The average molecular weight is 253 g/mol. The van der Waals surface area contributed by atoms with Gasteiger partial charge in [-0.25, -0.2) is 4.39 Å². The Morgan fingerprint density at radius 3 is 2.53 bits per heavy atom. The Morgan fingerprint density at radius 1 is 1.24 bits per heavy atom. The molecule has 17 heavy (non-hydrogen) atoms. The topological polar surface area (TPSA) is 0 Å². The molecule has 1 saturated carbocycles. The molecule has 0 N–H and O–H groups in total. The lowest BCUT2D eigenvalue weighted by Crippen LogP contribution is -2.11. The Balaban J connectivity index is 2.02. The summed E-state index contributed by atoms with van der Waals surface area (Å²) >= 11 is 5.70. The maximum Gasteiger partial charge on any atom is 0.142 e. The predicted octanol–water partition coefficient (Wildman–Crippen LogP) is 5.33. The van der Waals surface area contributed by atoms with Crippen molar-refractivity contribution in [3.05, 3.63) is 46.8 Å². The van der Waals surface area contributed by atoms with Crippen LogP contribution < -0.4 is 0 Å². The number of allylic oxidation sites excluding steroid dienone is 2. The summed E-state index contributed by atoms with van der Waals surface area (Å²) in [4.78, 5) is 0. The molecule has 0 atom stereocenters. The summed E-state index contributed by atoms with van der Waals surface area (Å²) in [6.45, 7) is 2.07. The lowest BCUT2D eigenvalue weighted by Gasteiger charge is -2.27. The number of rotatable bonds is 2. The molecule has 0 bridgehead atoms. The fourth-order valence-corrected chi connectivity index (χ4v) is 2.80. The molecule has 0 heterocycles. The molecule has 0 radical (unpaired) electrons. The van der Waals surface area contributed by atoms with E-state index in [1.54, 1.807) is 12.1 Å². The summed E-state index contributed by atoms with van der Waals surface area (Å²) in [5, 5.41) is 0.219. The Kier molecular flexibility index (Phi) is 4.22. The van der Waals surface area contributed by atoms with Gasteiger partial charge in [0.1, 0.15) is 5.82 Å². The Hall–Kier alpha value is -0.820. The second-order valence-electron chi connectivity index (χ2n) is 4.81. The molecular weight excluding hydrogens is 235 g/mol. The van der Waals surface area contributed by atoms with Crippen LogP contribution in [0.2, 0.25) is 5.02 Å². The molecule has 0 unspecified atom stereocenters. The number of benzene rings is 1. The number of halogens is 2. The van der Waals surface area contributed by atoms with Gasteiger partial charge in [-0.3, -0.25) is 0 Å². The van der Waals surface area contributed by atoms with Crippen LogP contribution in [-0.2, 0) is 0 Å². The molecule has 1 aromatic carbocycles. The van der Waals surface area contributed by atoms with Crippen LogP contribution in [0, 0.1) is 11.7 Å². The van der Waals surface area contributed by atoms with E-state index >= 15 is 0 Å². The normalized spacial score (nSPS) is 25.4. The third-order valence-corrected chi connectivity index (χ3v) is 3.96. The molecular formula is C15H18ClF. The van der Waals surface area contributed by atoms with Crippen LogP contribution in [0.4, 0.5) is 4.39 Å². The van der Waals surface area contributed by atoms with Gasteiger partial charge in [-0.2, -0.15) is 0 Å². The van der Waals surface area contributed by atoms with E-state index in [1.807, 2.05) is 6.07 Å². The maximum atomic E-state index is 13.4. The standard InChI is InChI=1S/C15H18ClF/c1-2-3-11-4-6-12(7-5-11)13-8-9-14(16)15(17)10-13/h2-3,8-12H,4-7H2,1H3. The van der Waals surface area contributed by atoms with E-state index in [9.17, 15) is 4.39 Å².